The van der Waals surface area contributed by atoms with Crippen LogP contribution in [0.5, 0.6) is 0 Å². The van der Waals surface area contributed by atoms with Crippen molar-refractivity contribution in [2.45, 2.75) is 38.5 Å². The molecule has 1 amide bonds. The van der Waals surface area contributed by atoms with E-state index >= 15 is 0 Å². The molecule has 0 saturated heterocycles. The van der Waals surface area contributed by atoms with Gasteiger partial charge in [-0.05, 0) is 28.2 Å². The quantitative estimate of drug-likeness (QED) is 0.311. The molecule has 0 fully saturated rings. The van der Waals surface area contributed by atoms with Gasteiger partial charge in [0.15, 0.2) is 5.12 Å². The molecule has 0 aliphatic carbocycles. The van der Waals surface area contributed by atoms with E-state index in [4.69, 9.17) is 17.1 Å². The second-order valence-corrected chi connectivity index (χ2v) is 6.93. The molecule has 0 bridgehead atoms. The lowest BCUT2D eigenvalue weighted by Crippen LogP contribution is -2.14. The lowest BCUT2D eigenvalue weighted by Gasteiger charge is -2.21. The first-order valence-corrected chi connectivity index (χ1v) is 7.68. The summed E-state index contributed by atoms with van der Waals surface area (Å²) in [4.78, 5) is 26.2. The Balaban J connectivity index is 3.05. The van der Waals surface area contributed by atoms with Crippen molar-refractivity contribution in [3.8, 4) is 0 Å². The van der Waals surface area contributed by atoms with Crippen LogP contribution < -0.4 is 0 Å². The highest BCUT2D eigenvalue weighted by Crippen LogP contribution is 2.34. The molecule has 0 radical (unpaired) electrons. The Hall–Kier alpha value is -1.56. The lowest BCUT2D eigenvalue weighted by atomic mass is 9.87. The number of benzene rings is 1. The fraction of sp³-hybridized carbons (Fsp3) is 0.429. The third-order valence-electron chi connectivity index (χ3n) is 3.19. The molecule has 8 heteroatoms. The van der Waals surface area contributed by atoms with Crippen molar-refractivity contribution >= 4 is 34.4 Å². The summed E-state index contributed by atoms with van der Waals surface area (Å²) in [5.41, 5.74) is 7.68. The van der Waals surface area contributed by atoms with Crippen LogP contribution >= 0.6 is 23.4 Å². The van der Waals surface area contributed by atoms with Gasteiger partial charge < -0.3 is 0 Å². The van der Waals surface area contributed by atoms with E-state index in [-0.39, 0.29) is 20.4 Å². The number of nitrogens with zero attached hydrogens (tertiary/aromatic N) is 3. The van der Waals surface area contributed by atoms with Crippen LogP contribution in [-0.2, 0) is 4.79 Å². The molecule has 1 rings (SSSR count). The summed E-state index contributed by atoms with van der Waals surface area (Å²) in [6.45, 7) is 5.92. The Morgan fingerprint density at radius 1 is 1.45 bits per heavy atom. The average molecular weight is 344 g/mol. The molecule has 22 heavy (non-hydrogen) atoms. The summed E-state index contributed by atoms with van der Waals surface area (Å²) < 4.78 is 13.7. The van der Waals surface area contributed by atoms with E-state index in [2.05, 4.69) is 10.0 Å². The smallest absolute Gasteiger partial charge is 0.252 e. The molecular weight excluding hydrogens is 329 g/mol. The molecule has 0 saturated carbocycles. The van der Waals surface area contributed by atoms with Crippen molar-refractivity contribution in [2.24, 2.45) is 10.5 Å². The molecule has 1 aromatic carbocycles. The fourth-order valence-electron chi connectivity index (χ4n) is 1.54. The number of hydrogen-bond acceptors (Lipinski definition) is 3. The largest absolute Gasteiger partial charge is 0.287 e. The topological polar surface area (TPSA) is 82.9 Å². The number of carbonyl (C=O) groups excluding carboxylic acids is 2. The number of hydrogen-bond donors (Lipinski definition) is 0. The predicted molar refractivity (Wildman–Crippen MR) is 84.4 cm³/mol. The van der Waals surface area contributed by atoms with Crippen molar-refractivity contribution in [3.63, 3.8) is 0 Å². The highest BCUT2D eigenvalue weighted by Gasteiger charge is 2.22. The van der Waals surface area contributed by atoms with E-state index in [1.807, 2.05) is 20.8 Å². The molecule has 0 unspecified atom stereocenters. The minimum absolute atomic E-state index is 0.0302. The lowest BCUT2D eigenvalue weighted by molar-refractivity contribution is -0.112. The first-order chi connectivity index (χ1) is 10.2. The van der Waals surface area contributed by atoms with Gasteiger partial charge in [-0.1, -0.05) is 50.6 Å². The van der Waals surface area contributed by atoms with Gasteiger partial charge in [0, 0.05) is 16.2 Å². The molecule has 0 aromatic heterocycles. The van der Waals surface area contributed by atoms with Gasteiger partial charge in [-0.15, -0.1) is 0 Å². The van der Waals surface area contributed by atoms with Crippen molar-refractivity contribution in [3.05, 3.63) is 39.0 Å². The van der Waals surface area contributed by atoms with Gasteiger partial charge in [0.2, 0.25) is 0 Å². The standard InChI is InChI=1S/C14H15ClFN3O2S/c1-4-14(2,3)7-12(20)22-11-5-8(13(21)18-19-17)10(16)6-9(11)15/h5-6H,4,7H2,1-3H3. The van der Waals surface area contributed by atoms with Gasteiger partial charge in [0.05, 0.1) is 10.6 Å². The van der Waals surface area contributed by atoms with Gasteiger partial charge in [-0.2, -0.15) is 0 Å². The van der Waals surface area contributed by atoms with Crippen LogP contribution in [0.1, 0.15) is 44.0 Å². The van der Waals surface area contributed by atoms with Crippen LogP contribution in [0.25, 0.3) is 10.4 Å². The number of amides is 1. The normalized spacial score (nSPS) is 11.0. The minimum Gasteiger partial charge on any atom is -0.287 e. The maximum atomic E-state index is 13.7. The summed E-state index contributed by atoms with van der Waals surface area (Å²) in [5.74, 6) is -1.95. The third-order valence-corrected chi connectivity index (χ3v) is 4.55. The second-order valence-electron chi connectivity index (χ2n) is 5.43. The monoisotopic (exact) mass is 343 g/mol. The van der Waals surface area contributed by atoms with E-state index in [0.717, 1.165) is 30.3 Å². The van der Waals surface area contributed by atoms with Crippen LogP contribution in [0.15, 0.2) is 22.1 Å². The van der Waals surface area contributed by atoms with Gasteiger partial charge in [0.25, 0.3) is 5.91 Å². The second kappa shape index (κ2) is 7.63. The Kier molecular flexibility index (Phi) is 6.41. The van der Waals surface area contributed by atoms with E-state index in [1.165, 1.54) is 0 Å². The summed E-state index contributed by atoms with van der Waals surface area (Å²) in [6, 6.07) is 2.07. The number of azide groups is 1. The first kappa shape index (κ1) is 18.5. The zero-order valence-corrected chi connectivity index (χ0v) is 14.0. The highest BCUT2D eigenvalue weighted by atomic mass is 35.5. The van der Waals surface area contributed by atoms with Gasteiger partial charge in [-0.25, -0.2) is 4.39 Å². The zero-order valence-electron chi connectivity index (χ0n) is 12.4. The number of rotatable bonds is 5. The zero-order chi connectivity index (χ0) is 16.9. The number of halogens is 2. The number of carbonyl (C=O) groups is 2. The van der Waals surface area contributed by atoms with Crippen molar-refractivity contribution < 1.29 is 14.0 Å². The van der Waals surface area contributed by atoms with Crippen LogP contribution in [-0.4, -0.2) is 11.0 Å². The molecule has 0 spiro atoms. The Morgan fingerprint density at radius 3 is 2.64 bits per heavy atom. The Morgan fingerprint density at radius 2 is 2.09 bits per heavy atom. The summed E-state index contributed by atoms with van der Waals surface area (Å²) in [7, 11) is 0. The van der Waals surface area contributed by atoms with Crippen LogP contribution in [0.2, 0.25) is 5.02 Å². The van der Waals surface area contributed by atoms with E-state index in [9.17, 15) is 14.0 Å². The van der Waals surface area contributed by atoms with Gasteiger partial charge >= 0.3 is 0 Å². The van der Waals surface area contributed by atoms with Gasteiger partial charge in [-0.3, -0.25) is 9.59 Å². The molecule has 0 atom stereocenters. The van der Waals surface area contributed by atoms with Crippen LogP contribution in [0.3, 0.4) is 0 Å². The predicted octanol–water partition coefficient (Wildman–Crippen LogP) is 5.37. The summed E-state index contributed by atoms with van der Waals surface area (Å²) in [6.07, 6.45) is 1.15. The van der Waals surface area contributed by atoms with Gasteiger partial charge in [0.1, 0.15) is 5.82 Å². The SMILES string of the molecule is CCC(C)(C)CC(=O)Sc1cc(C(=O)N=[N+]=[N-])c(F)cc1Cl. The molecule has 0 aliphatic rings. The molecule has 5 nitrogen and oxygen atoms in total. The average Bonchev–Trinajstić information content (AvgIpc) is 2.41. The number of thioether (sulfide) groups is 1. The maximum absolute atomic E-state index is 13.7. The Labute approximate surface area is 136 Å². The molecular formula is C14H15ClFN3O2S. The van der Waals surface area contributed by atoms with E-state index < -0.39 is 17.3 Å². The minimum atomic E-state index is -1.06. The van der Waals surface area contributed by atoms with Crippen molar-refractivity contribution in [1.29, 1.82) is 0 Å². The highest BCUT2D eigenvalue weighted by molar-refractivity contribution is 8.13. The molecule has 0 aliphatic heterocycles. The summed E-state index contributed by atoms with van der Waals surface area (Å²) >= 11 is 6.75. The van der Waals surface area contributed by atoms with Crippen LogP contribution in [0.4, 0.5) is 4.39 Å². The maximum Gasteiger partial charge on any atom is 0.252 e. The first-order valence-electron chi connectivity index (χ1n) is 6.49. The summed E-state index contributed by atoms with van der Waals surface area (Å²) in [5, 5.41) is 2.74. The van der Waals surface area contributed by atoms with Crippen molar-refractivity contribution in [2.75, 3.05) is 0 Å². The molecule has 1 aromatic rings. The van der Waals surface area contributed by atoms with Crippen LogP contribution in [0, 0.1) is 11.2 Å². The third kappa shape index (κ3) is 5.02. The van der Waals surface area contributed by atoms with E-state index in [0.29, 0.717) is 6.42 Å². The Bertz CT molecular complexity index is 658. The van der Waals surface area contributed by atoms with Crippen molar-refractivity contribution in [1.82, 2.24) is 0 Å². The fourth-order valence-corrected chi connectivity index (χ4v) is 2.85. The van der Waals surface area contributed by atoms with E-state index in [1.54, 1.807) is 0 Å². The molecule has 118 valence electrons. The molecule has 0 heterocycles. The molecule has 0 N–H and O–H groups in total.